The molecule has 1 aromatic carbocycles. The van der Waals surface area contributed by atoms with Crippen LogP contribution in [0, 0.1) is 5.82 Å². The molecule has 0 aliphatic carbocycles. The molecule has 3 nitrogen and oxygen atoms in total. The largest absolute Gasteiger partial charge is 0.442 e. The minimum Gasteiger partial charge on any atom is -0.442 e. The summed E-state index contributed by atoms with van der Waals surface area (Å²) in [6, 6.07) is 4.45. The second-order valence-electron chi connectivity index (χ2n) is 3.06. The zero-order valence-corrected chi connectivity index (χ0v) is 8.37. The highest BCUT2D eigenvalue weighted by Crippen LogP contribution is 2.21. The van der Waals surface area contributed by atoms with E-state index in [-0.39, 0.29) is 5.56 Å². The molecule has 4 heteroatoms. The Bertz CT molecular complexity index is 390. The number of primary amides is 1. The van der Waals surface area contributed by atoms with Crippen LogP contribution < -0.4 is 5.73 Å². The molecule has 0 fully saturated rings. The quantitative estimate of drug-likeness (QED) is 0.831. The van der Waals surface area contributed by atoms with Crippen molar-refractivity contribution in [3.05, 3.63) is 41.7 Å². The normalized spacial score (nSPS) is 11.9. The van der Waals surface area contributed by atoms with Crippen molar-refractivity contribution in [2.75, 3.05) is 0 Å². The first-order valence-electron chi connectivity index (χ1n) is 4.42. The van der Waals surface area contributed by atoms with Crippen LogP contribution >= 0.6 is 0 Å². The molecule has 1 aromatic rings. The Balaban J connectivity index is 3.00. The first kappa shape index (κ1) is 11.2. The number of ether oxygens (including phenoxy) is 1. The van der Waals surface area contributed by atoms with E-state index in [1.165, 1.54) is 6.07 Å². The maximum absolute atomic E-state index is 13.3. The molecule has 0 bridgehead atoms. The maximum Gasteiger partial charge on any atom is 0.405 e. The van der Waals surface area contributed by atoms with E-state index in [1.54, 1.807) is 25.1 Å². The number of carbonyl (C=O) groups is 1. The Labute approximate surface area is 87.3 Å². The molecule has 0 spiro atoms. The topological polar surface area (TPSA) is 52.3 Å². The third-order valence-corrected chi connectivity index (χ3v) is 1.99. The van der Waals surface area contributed by atoms with E-state index in [0.717, 1.165) is 5.56 Å². The molecule has 80 valence electrons. The minimum atomic E-state index is -0.925. The van der Waals surface area contributed by atoms with Gasteiger partial charge in [0.1, 0.15) is 11.9 Å². The van der Waals surface area contributed by atoms with Gasteiger partial charge in [0, 0.05) is 5.56 Å². The van der Waals surface area contributed by atoms with Crippen molar-refractivity contribution >= 4 is 12.2 Å². The predicted molar refractivity (Wildman–Crippen MR) is 55.6 cm³/mol. The van der Waals surface area contributed by atoms with Crippen LogP contribution in [0.5, 0.6) is 0 Å². The van der Waals surface area contributed by atoms with Crippen LogP contribution in [0.15, 0.2) is 24.8 Å². The Hall–Kier alpha value is -1.84. The SMILES string of the molecule is C=Cc1ccc(F)c(C(C)OC(N)=O)c1. The van der Waals surface area contributed by atoms with Gasteiger partial charge >= 0.3 is 6.09 Å². The number of nitrogens with two attached hydrogens (primary N) is 1. The molecule has 0 heterocycles. The van der Waals surface area contributed by atoms with Crippen LogP contribution in [0.2, 0.25) is 0 Å². The summed E-state index contributed by atoms with van der Waals surface area (Å²) in [6.07, 6.45) is -0.0479. The van der Waals surface area contributed by atoms with E-state index >= 15 is 0 Å². The first-order valence-corrected chi connectivity index (χ1v) is 4.42. The smallest absolute Gasteiger partial charge is 0.405 e. The van der Waals surface area contributed by atoms with Crippen LogP contribution in [0.4, 0.5) is 9.18 Å². The molecule has 1 rings (SSSR count). The number of rotatable bonds is 3. The third-order valence-electron chi connectivity index (χ3n) is 1.99. The lowest BCUT2D eigenvalue weighted by atomic mass is 10.1. The Kier molecular flexibility index (Phi) is 3.44. The van der Waals surface area contributed by atoms with Crippen LogP contribution in [-0.4, -0.2) is 6.09 Å². The average Bonchev–Trinajstić information content (AvgIpc) is 2.17. The zero-order chi connectivity index (χ0) is 11.4. The summed E-state index contributed by atoms with van der Waals surface area (Å²) in [5, 5.41) is 0. The van der Waals surface area contributed by atoms with Gasteiger partial charge in [-0.1, -0.05) is 18.7 Å². The molecular weight excluding hydrogens is 197 g/mol. The fraction of sp³-hybridized carbons (Fsp3) is 0.182. The van der Waals surface area contributed by atoms with Crippen LogP contribution in [-0.2, 0) is 4.74 Å². The van der Waals surface area contributed by atoms with Gasteiger partial charge in [0.2, 0.25) is 0 Å². The van der Waals surface area contributed by atoms with Gasteiger partial charge < -0.3 is 10.5 Å². The van der Waals surface area contributed by atoms with Gasteiger partial charge in [0.25, 0.3) is 0 Å². The number of hydrogen-bond donors (Lipinski definition) is 1. The number of amides is 1. The van der Waals surface area contributed by atoms with Gasteiger partial charge in [-0.3, -0.25) is 0 Å². The molecule has 0 radical (unpaired) electrons. The standard InChI is InChI=1S/C11H12FNO2/c1-3-8-4-5-10(12)9(6-8)7(2)15-11(13)14/h3-7H,1H2,2H3,(H2,13,14). The predicted octanol–water partition coefficient (Wildman–Crippen LogP) is 2.62. The summed E-state index contributed by atoms with van der Waals surface area (Å²) in [7, 11) is 0. The number of benzene rings is 1. The Morgan fingerprint density at radius 1 is 1.67 bits per heavy atom. The van der Waals surface area contributed by atoms with Gasteiger partial charge in [0.15, 0.2) is 0 Å². The molecule has 1 amide bonds. The Morgan fingerprint density at radius 3 is 2.87 bits per heavy atom. The summed E-state index contributed by atoms with van der Waals surface area (Å²) in [4.78, 5) is 10.5. The number of hydrogen-bond acceptors (Lipinski definition) is 2. The first-order chi connectivity index (χ1) is 7.04. The lowest BCUT2D eigenvalue weighted by Crippen LogP contribution is -2.16. The average molecular weight is 209 g/mol. The van der Waals surface area contributed by atoms with E-state index in [1.807, 2.05) is 0 Å². The monoisotopic (exact) mass is 209 g/mol. The van der Waals surface area contributed by atoms with Gasteiger partial charge in [-0.05, 0) is 24.6 Å². The second-order valence-corrected chi connectivity index (χ2v) is 3.06. The molecule has 0 aliphatic heterocycles. The van der Waals surface area contributed by atoms with Crippen molar-refractivity contribution in [3.8, 4) is 0 Å². The molecular formula is C11H12FNO2. The summed E-state index contributed by atoms with van der Waals surface area (Å²) in [5.41, 5.74) is 5.89. The molecule has 0 saturated heterocycles. The van der Waals surface area contributed by atoms with Crippen molar-refractivity contribution in [3.63, 3.8) is 0 Å². The molecule has 2 N–H and O–H groups in total. The fourth-order valence-corrected chi connectivity index (χ4v) is 1.24. The molecule has 0 aromatic heterocycles. The van der Waals surface area contributed by atoms with Crippen LogP contribution in [0.3, 0.4) is 0 Å². The zero-order valence-electron chi connectivity index (χ0n) is 8.37. The molecule has 0 aliphatic rings. The minimum absolute atomic E-state index is 0.284. The maximum atomic E-state index is 13.3. The summed E-state index contributed by atoms with van der Waals surface area (Å²) in [5.74, 6) is -0.436. The van der Waals surface area contributed by atoms with Gasteiger partial charge in [-0.25, -0.2) is 9.18 Å². The third kappa shape index (κ3) is 2.80. The summed E-state index contributed by atoms with van der Waals surface area (Å²) < 4.78 is 18.0. The molecule has 1 unspecified atom stereocenters. The van der Waals surface area contributed by atoms with Crippen LogP contribution in [0.1, 0.15) is 24.2 Å². The van der Waals surface area contributed by atoms with E-state index in [9.17, 15) is 9.18 Å². The summed E-state index contributed by atoms with van der Waals surface area (Å²) in [6.45, 7) is 5.12. The second kappa shape index (κ2) is 4.59. The molecule has 15 heavy (non-hydrogen) atoms. The van der Waals surface area contributed by atoms with Gasteiger partial charge in [-0.15, -0.1) is 0 Å². The lowest BCUT2D eigenvalue weighted by Gasteiger charge is -2.13. The highest BCUT2D eigenvalue weighted by Gasteiger charge is 2.13. The summed E-state index contributed by atoms with van der Waals surface area (Å²) >= 11 is 0. The highest BCUT2D eigenvalue weighted by molar-refractivity contribution is 5.65. The van der Waals surface area contributed by atoms with Crippen molar-refractivity contribution in [2.24, 2.45) is 5.73 Å². The van der Waals surface area contributed by atoms with Crippen molar-refractivity contribution in [1.29, 1.82) is 0 Å². The number of carbonyl (C=O) groups excluding carboxylic acids is 1. The van der Waals surface area contributed by atoms with Crippen molar-refractivity contribution < 1.29 is 13.9 Å². The van der Waals surface area contributed by atoms with E-state index < -0.39 is 18.0 Å². The fourth-order valence-electron chi connectivity index (χ4n) is 1.24. The Morgan fingerprint density at radius 2 is 2.33 bits per heavy atom. The molecule has 1 atom stereocenters. The number of halogens is 1. The van der Waals surface area contributed by atoms with Crippen molar-refractivity contribution in [1.82, 2.24) is 0 Å². The lowest BCUT2D eigenvalue weighted by molar-refractivity contribution is 0.114. The van der Waals surface area contributed by atoms with E-state index in [0.29, 0.717) is 0 Å². The highest BCUT2D eigenvalue weighted by atomic mass is 19.1. The van der Waals surface area contributed by atoms with Gasteiger partial charge in [0.05, 0.1) is 0 Å². The van der Waals surface area contributed by atoms with Gasteiger partial charge in [-0.2, -0.15) is 0 Å². The molecule has 0 saturated carbocycles. The van der Waals surface area contributed by atoms with E-state index in [4.69, 9.17) is 5.73 Å². The van der Waals surface area contributed by atoms with E-state index in [2.05, 4.69) is 11.3 Å². The van der Waals surface area contributed by atoms with Crippen LogP contribution in [0.25, 0.3) is 6.08 Å². The van der Waals surface area contributed by atoms with Crippen molar-refractivity contribution in [2.45, 2.75) is 13.0 Å².